The summed E-state index contributed by atoms with van der Waals surface area (Å²) in [5.74, 6) is 0.508. The maximum absolute atomic E-state index is 11.2. The number of methoxy groups -OCH3 is 1. The molecule has 0 fully saturated rings. The topological polar surface area (TPSA) is 35.5 Å². The SMILES string of the molecule is COc1ccc2c(c1)[C@@H](C)OC2=O. The van der Waals surface area contributed by atoms with Crippen molar-refractivity contribution in [3.8, 4) is 5.75 Å². The van der Waals surface area contributed by atoms with Crippen LogP contribution < -0.4 is 4.74 Å². The van der Waals surface area contributed by atoms with E-state index in [1.54, 1.807) is 19.2 Å². The van der Waals surface area contributed by atoms with Crippen LogP contribution in [0.3, 0.4) is 0 Å². The van der Waals surface area contributed by atoms with Crippen molar-refractivity contribution in [3.05, 3.63) is 29.3 Å². The van der Waals surface area contributed by atoms with Crippen molar-refractivity contribution in [3.63, 3.8) is 0 Å². The zero-order valence-corrected chi connectivity index (χ0v) is 7.53. The van der Waals surface area contributed by atoms with E-state index in [-0.39, 0.29) is 12.1 Å². The average molecular weight is 178 g/mol. The molecule has 1 aromatic carbocycles. The van der Waals surface area contributed by atoms with E-state index >= 15 is 0 Å². The number of hydrogen-bond donors (Lipinski definition) is 0. The van der Waals surface area contributed by atoms with Gasteiger partial charge in [-0.15, -0.1) is 0 Å². The number of esters is 1. The minimum absolute atomic E-state index is 0.155. The van der Waals surface area contributed by atoms with E-state index in [2.05, 4.69) is 0 Å². The smallest absolute Gasteiger partial charge is 0.339 e. The molecule has 3 heteroatoms. The lowest BCUT2D eigenvalue weighted by molar-refractivity contribution is 0.0421. The summed E-state index contributed by atoms with van der Waals surface area (Å²) in [5, 5.41) is 0. The fourth-order valence-corrected chi connectivity index (χ4v) is 1.48. The molecule has 68 valence electrons. The molecule has 0 spiro atoms. The Bertz CT molecular complexity index is 357. The van der Waals surface area contributed by atoms with E-state index in [1.165, 1.54) is 0 Å². The van der Waals surface area contributed by atoms with Gasteiger partial charge in [0, 0.05) is 5.56 Å². The van der Waals surface area contributed by atoms with Crippen LogP contribution >= 0.6 is 0 Å². The van der Waals surface area contributed by atoms with Crippen molar-refractivity contribution in [2.45, 2.75) is 13.0 Å². The highest BCUT2D eigenvalue weighted by molar-refractivity contribution is 5.94. The standard InChI is InChI=1S/C10H10O3/c1-6-9-5-7(12-2)3-4-8(9)10(11)13-6/h3-6H,1-2H3/t6-/m1/s1. The van der Waals surface area contributed by atoms with Gasteiger partial charge in [0.25, 0.3) is 0 Å². The van der Waals surface area contributed by atoms with E-state index in [0.29, 0.717) is 5.56 Å². The molecule has 0 radical (unpaired) electrons. The van der Waals surface area contributed by atoms with Crippen molar-refractivity contribution in [1.29, 1.82) is 0 Å². The predicted octanol–water partition coefficient (Wildman–Crippen LogP) is 1.93. The minimum Gasteiger partial charge on any atom is -0.497 e. The molecular formula is C10H10O3. The molecule has 0 unspecified atom stereocenters. The van der Waals surface area contributed by atoms with E-state index in [1.807, 2.05) is 13.0 Å². The number of benzene rings is 1. The van der Waals surface area contributed by atoms with Crippen molar-refractivity contribution in [2.75, 3.05) is 7.11 Å². The molecule has 2 rings (SSSR count). The quantitative estimate of drug-likeness (QED) is 0.616. The van der Waals surface area contributed by atoms with Crippen LogP contribution in [-0.2, 0) is 4.74 Å². The zero-order valence-electron chi connectivity index (χ0n) is 7.53. The maximum atomic E-state index is 11.2. The first-order chi connectivity index (χ1) is 6.22. The van der Waals surface area contributed by atoms with Gasteiger partial charge in [-0.1, -0.05) is 0 Å². The third kappa shape index (κ3) is 1.16. The fourth-order valence-electron chi connectivity index (χ4n) is 1.48. The van der Waals surface area contributed by atoms with Crippen LogP contribution in [0.2, 0.25) is 0 Å². The van der Waals surface area contributed by atoms with E-state index in [0.717, 1.165) is 11.3 Å². The molecule has 0 saturated heterocycles. The molecule has 3 nitrogen and oxygen atoms in total. The Labute approximate surface area is 76.3 Å². The fraction of sp³-hybridized carbons (Fsp3) is 0.300. The van der Waals surface area contributed by atoms with Gasteiger partial charge >= 0.3 is 5.97 Å². The Morgan fingerprint density at radius 1 is 1.46 bits per heavy atom. The number of rotatable bonds is 1. The second kappa shape index (κ2) is 2.76. The van der Waals surface area contributed by atoms with Gasteiger partial charge < -0.3 is 9.47 Å². The molecule has 1 aliphatic heterocycles. The van der Waals surface area contributed by atoms with Crippen LogP contribution in [0.4, 0.5) is 0 Å². The van der Waals surface area contributed by atoms with Crippen molar-refractivity contribution in [2.24, 2.45) is 0 Å². The summed E-state index contributed by atoms with van der Waals surface area (Å²) in [5.41, 5.74) is 1.55. The lowest BCUT2D eigenvalue weighted by atomic mass is 10.1. The lowest BCUT2D eigenvalue weighted by Gasteiger charge is -2.03. The molecule has 0 amide bonds. The largest absolute Gasteiger partial charge is 0.497 e. The monoisotopic (exact) mass is 178 g/mol. The maximum Gasteiger partial charge on any atom is 0.339 e. The molecule has 0 saturated carbocycles. The highest BCUT2D eigenvalue weighted by Gasteiger charge is 2.27. The van der Waals surface area contributed by atoms with E-state index < -0.39 is 0 Å². The Kier molecular flexibility index (Phi) is 1.72. The Morgan fingerprint density at radius 2 is 2.23 bits per heavy atom. The van der Waals surface area contributed by atoms with Crippen LogP contribution in [0.5, 0.6) is 5.75 Å². The minimum atomic E-state index is -0.245. The van der Waals surface area contributed by atoms with Crippen molar-refractivity contribution >= 4 is 5.97 Å². The van der Waals surface area contributed by atoms with E-state index in [4.69, 9.17) is 9.47 Å². The average Bonchev–Trinajstić information content (AvgIpc) is 2.42. The van der Waals surface area contributed by atoms with Gasteiger partial charge in [0.1, 0.15) is 11.9 Å². The Balaban J connectivity index is 2.52. The summed E-state index contributed by atoms with van der Waals surface area (Å²) in [6, 6.07) is 5.34. The predicted molar refractivity (Wildman–Crippen MR) is 46.8 cm³/mol. The number of hydrogen-bond acceptors (Lipinski definition) is 3. The van der Waals surface area contributed by atoms with Gasteiger partial charge in [-0.2, -0.15) is 0 Å². The first-order valence-electron chi connectivity index (χ1n) is 4.11. The highest BCUT2D eigenvalue weighted by atomic mass is 16.5. The zero-order chi connectivity index (χ0) is 9.42. The van der Waals surface area contributed by atoms with Gasteiger partial charge in [0.2, 0.25) is 0 Å². The molecule has 0 aromatic heterocycles. The van der Waals surface area contributed by atoms with Gasteiger partial charge in [0.05, 0.1) is 12.7 Å². The Morgan fingerprint density at radius 3 is 2.92 bits per heavy atom. The van der Waals surface area contributed by atoms with Crippen molar-refractivity contribution < 1.29 is 14.3 Å². The second-order valence-electron chi connectivity index (χ2n) is 3.00. The van der Waals surface area contributed by atoms with E-state index in [9.17, 15) is 4.79 Å². The highest BCUT2D eigenvalue weighted by Crippen LogP contribution is 2.32. The van der Waals surface area contributed by atoms with Crippen molar-refractivity contribution in [1.82, 2.24) is 0 Å². The molecule has 1 atom stereocenters. The third-order valence-electron chi connectivity index (χ3n) is 2.20. The molecular weight excluding hydrogens is 168 g/mol. The summed E-state index contributed by atoms with van der Waals surface area (Å²) >= 11 is 0. The molecule has 1 aromatic rings. The summed E-state index contributed by atoms with van der Waals surface area (Å²) in [7, 11) is 1.60. The number of fused-ring (bicyclic) bond motifs is 1. The normalized spacial score (nSPS) is 19.5. The van der Waals surface area contributed by atoms with Gasteiger partial charge in [0.15, 0.2) is 0 Å². The lowest BCUT2D eigenvalue weighted by Crippen LogP contribution is -1.93. The molecule has 1 aliphatic rings. The Hall–Kier alpha value is -1.51. The van der Waals surface area contributed by atoms with Crippen LogP contribution in [0, 0.1) is 0 Å². The van der Waals surface area contributed by atoms with Crippen LogP contribution in [0.15, 0.2) is 18.2 Å². The summed E-state index contributed by atoms with van der Waals surface area (Å²) < 4.78 is 10.1. The molecule has 0 bridgehead atoms. The van der Waals surface area contributed by atoms with Crippen LogP contribution in [0.25, 0.3) is 0 Å². The van der Waals surface area contributed by atoms with Crippen LogP contribution in [-0.4, -0.2) is 13.1 Å². The first kappa shape index (κ1) is 8.10. The van der Waals surface area contributed by atoms with Gasteiger partial charge in [-0.3, -0.25) is 0 Å². The summed E-state index contributed by atoms with van der Waals surface area (Å²) in [6.07, 6.45) is -0.155. The summed E-state index contributed by atoms with van der Waals surface area (Å²) in [6.45, 7) is 1.85. The van der Waals surface area contributed by atoms with Gasteiger partial charge in [-0.25, -0.2) is 4.79 Å². The van der Waals surface area contributed by atoms with Gasteiger partial charge in [-0.05, 0) is 25.1 Å². The number of ether oxygens (including phenoxy) is 2. The molecule has 0 N–H and O–H groups in total. The molecule has 13 heavy (non-hydrogen) atoms. The molecule has 0 aliphatic carbocycles. The summed E-state index contributed by atoms with van der Waals surface area (Å²) in [4.78, 5) is 11.2. The van der Waals surface area contributed by atoms with Crippen LogP contribution in [0.1, 0.15) is 28.9 Å². The third-order valence-corrected chi connectivity index (χ3v) is 2.20. The number of carbonyl (C=O) groups excluding carboxylic acids is 1. The second-order valence-corrected chi connectivity index (χ2v) is 3.00. The molecule has 1 heterocycles. The first-order valence-corrected chi connectivity index (χ1v) is 4.11. The number of cyclic esters (lactones) is 1. The number of carbonyl (C=O) groups is 1.